The molecule has 0 aliphatic heterocycles. The van der Waals surface area contributed by atoms with Crippen molar-refractivity contribution in [3.63, 3.8) is 0 Å². The second kappa shape index (κ2) is 8.22. The first-order valence-electron chi connectivity index (χ1n) is 7.00. The van der Waals surface area contributed by atoms with Gasteiger partial charge in [0.15, 0.2) is 0 Å². The molecule has 1 rings (SSSR count). The monoisotopic (exact) mass is 375 g/mol. The smallest absolute Gasteiger partial charge is 0.0637 e. The van der Waals surface area contributed by atoms with Crippen molar-refractivity contribution in [2.45, 2.75) is 51.7 Å². The van der Waals surface area contributed by atoms with Crippen LogP contribution in [-0.4, -0.2) is 25.3 Å². The van der Waals surface area contributed by atoms with Crippen molar-refractivity contribution >= 4 is 22.6 Å². The Kier molecular flexibility index (Phi) is 7.32. The van der Waals surface area contributed by atoms with E-state index in [4.69, 9.17) is 4.74 Å². The van der Waals surface area contributed by atoms with Crippen LogP contribution in [0.15, 0.2) is 24.3 Å². The van der Waals surface area contributed by atoms with Crippen molar-refractivity contribution in [2.24, 2.45) is 0 Å². The Morgan fingerprint density at radius 3 is 2.42 bits per heavy atom. The molecule has 1 atom stereocenters. The number of ether oxygens (including phenoxy) is 1. The molecular weight excluding hydrogens is 349 g/mol. The van der Waals surface area contributed by atoms with E-state index in [0.29, 0.717) is 6.04 Å². The summed E-state index contributed by atoms with van der Waals surface area (Å²) >= 11 is 2.35. The van der Waals surface area contributed by atoms with Gasteiger partial charge in [-0.2, -0.15) is 0 Å². The quantitative estimate of drug-likeness (QED) is 0.693. The maximum Gasteiger partial charge on any atom is 0.0637 e. The lowest BCUT2D eigenvalue weighted by molar-refractivity contribution is 0.00714. The highest BCUT2D eigenvalue weighted by Crippen LogP contribution is 2.19. The van der Waals surface area contributed by atoms with Gasteiger partial charge in [-0.15, -0.1) is 0 Å². The van der Waals surface area contributed by atoms with Crippen LogP contribution < -0.4 is 5.32 Å². The Hall–Kier alpha value is -0.130. The summed E-state index contributed by atoms with van der Waals surface area (Å²) in [5, 5.41) is 3.64. The minimum absolute atomic E-state index is 0.0748. The first kappa shape index (κ1) is 16.9. The van der Waals surface area contributed by atoms with Gasteiger partial charge >= 0.3 is 0 Å². The zero-order chi connectivity index (χ0) is 14.3. The Morgan fingerprint density at radius 2 is 1.89 bits per heavy atom. The van der Waals surface area contributed by atoms with Crippen LogP contribution in [0.25, 0.3) is 0 Å². The highest BCUT2D eigenvalue weighted by molar-refractivity contribution is 14.1. The maximum atomic E-state index is 5.56. The molecule has 19 heavy (non-hydrogen) atoms. The molecule has 2 nitrogen and oxygen atoms in total. The van der Waals surface area contributed by atoms with E-state index in [9.17, 15) is 0 Å². The molecule has 3 heteroatoms. The van der Waals surface area contributed by atoms with Crippen LogP contribution in [0, 0.1) is 3.57 Å². The number of methoxy groups -OCH3 is 1. The van der Waals surface area contributed by atoms with Gasteiger partial charge < -0.3 is 10.1 Å². The van der Waals surface area contributed by atoms with E-state index in [1.165, 1.54) is 9.13 Å². The Labute approximate surface area is 131 Å². The van der Waals surface area contributed by atoms with Gasteiger partial charge in [-0.1, -0.05) is 19.1 Å². The summed E-state index contributed by atoms with van der Waals surface area (Å²) in [6, 6.07) is 9.27. The van der Waals surface area contributed by atoms with Gasteiger partial charge in [-0.05, 0) is 79.9 Å². The molecule has 0 saturated carbocycles. The molecule has 0 spiro atoms. The third kappa shape index (κ3) is 6.72. The Morgan fingerprint density at radius 1 is 1.26 bits per heavy atom. The molecule has 108 valence electrons. The molecule has 0 aliphatic rings. The van der Waals surface area contributed by atoms with E-state index >= 15 is 0 Å². The number of hydrogen-bond acceptors (Lipinski definition) is 2. The van der Waals surface area contributed by atoms with E-state index < -0.39 is 0 Å². The Balaban J connectivity index is 2.65. The van der Waals surface area contributed by atoms with Crippen molar-refractivity contribution in [3.05, 3.63) is 33.4 Å². The summed E-state index contributed by atoms with van der Waals surface area (Å²) < 4.78 is 6.85. The lowest BCUT2D eigenvalue weighted by atomic mass is 9.94. The molecule has 1 N–H and O–H groups in total. The van der Waals surface area contributed by atoms with Crippen LogP contribution in [0.3, 0.4) is 0 Å². The minimum Gasteiger partial charge on any atom is -0.379 e. The van der Waals surface area contributed by atoms with Crippen molar-refractivity contribution in [1.29, 1.82) is 0 Å². The van der Waals surface area contributed by atoms with Crippen LogP contribution in [0.5, 0.6) is 0 Å². The lowest BCUT2D eigenvalue weighted by Crippen LogP contribution is -2.39. The minimum atomic E-state index is -0.0748. The van der Waals surface area contributed by atoms with Crippen molar-refractivity contribution < 1.29 is 4.74 Å². The molecule has 0 bridgehead atoms. The predicted molar refractivity (Wildman–Crippen MR) is 90.6 cm³/mol. The van der Waals surface area contributed by atoms with E-state index in [-0.39, 0.29) is 5.60 Å². The highest BCUT2D eigenvalue weighted by Gasteiger charge is 2.22. The van der Waals surface area contributed by atoms with Crippen LogP contribution >= 0.6 is 22.6 Å². The fourth-order valence-electron chi connectivity index (χ4n) is 2.15. The first-order chi connectivity index (χ1) is 8.96. The third-order valence-corrected chi connectivity index (χ3v) is 4.09. The van der Waals surface area contributed by atoms with Crippen LogP contribution in [0.2, 0.25) is 0 Å². The molecule has 0 saturated heterocycles. The summed E-state index contributed by atoms with van der Waals surface area (Å²) in [4.78, 5) is 0. The molecule has 1 unspecified atom stereocenters. The highest BCUT2D eigenvalue weighted by atomic mass is 127. The van der Waals surface area contributed by atoms with E-state index in [1.54, 1.807) is 7.11 Å². The van der Waals surface area contributed by atoms with Gasteiger partial charge in [-0.25, -0.2) is 0 Å². The number of hydrogen-bond donors (Lipinski definition) is 1. The summed E-state index contributed by atoms with van der Waals surface area (Å²) in [5.74, 6) is 0. The average molecular weight is 375 g/mol. The van der Waals surface area contributed by atoms with E-state index in [0.717, 1.165) is 25.8 Å². The zero-order valence-electron chi connectivity index (χ0n) is 12.5. The second-order valence-corrected chi connectivity index (χ2v) is 6.90. The molecular formula is C16H26INO. The summed E-state index contributed by atoms with van der Waals surface area (Å²) in [5.41, 5.74) is 1.31. The van der Waals surface area contributed by atoms with Crippen LogP contribution in [-0.2, 0) is 11.2 Å². The second-order valence-electron chi connectivity index (χ2n) is 5.65. The van der Waals surface area contributed by atoms with Gasteiger partial charge in [0, 0.05) is 16.7 Å². The van der Waals surface area contributed by atoms with Crippen LogP contribution in [0.1, 0.15) is 39.2 Å². The lowest BCUT2D eigenvalue weighted by Gasteiger charge is -2.29. The standard InChI is InChI=1S/C16H26INO/c1-5-10-18-15(12-16(2,3)19-4)11-13-6-8-14(17)9-7-13/h6-9,15,18H,5,10-12H2,1-4H3. The molecule has 0 fully saturated rings. The molecule has 0 radical (unpaired) electrons. The third-order valence-electron chi connectivity index (χ3n) is 3.37. The normalized spacial score (nSPS) is 13.5. The maximum absolute atomic E-state index is 5.56. The van der Waals surface area contributed by atoms with Gasteiger partial charge in [0.2, 0.25) is 0 Å². The molecule has 0 aliphatic carbocycles. The SMILES string of the molecule is CCCNC(Cc1ccc(I)cc1)CC(C)(C)OC. The molecule has 1 aromatic carbocycles. The van der Waals surface area contributed by atoms with Crippen molar-refractivity contribution in [3.8, 4) is 0 Å². The zero-order valence-corrected chi connectivity index (χ0v) is 14.7. The topological polar surface area (TPSA) is 21.3 Å². The van der Waals surface area contributed by atoms with Gasteiger partial charge in [0.1, 0.15) is 0 Å². The fourth-order valence-corrected chi connectivity index (χ4v) is 2.51. The van der Waals surface area contributed by atoms with E-state index in [2.05, 4.69) is 72.9 Å². The summed E-state index contributed by atoms with van der Waals surface area (Å²) in [6.07, 6.45) is 3.25. The molecule has 0 amide bonds. The van der Waals surface area contributed by atoms with Gasteiger partial charge in [0.05, 0.1) is 5.60 Å². The van der Waals surface area contributed by atoms with E-state index in [1.807, 2.05) is 0 Å². The van der Waals surface area contributed by atoms with Gasteiger partial charge in [-0.3, -0.25) is 0 Å². The summed E-state index contributed by atoms with van der Waals surface area (Å²) in [7, 11) is 1.79. The van der Waals surface area contributed by atoms with Crippen LogP contribution in [0.4, 0.5) is 0 Å². The summed E-state index contributed by atoms with van der Waals surface area (Å²) in [6.45, 7) is 7.58. The average Bonchev–Trinajstić information content (AvgIpc) is 2.38. The predicted octanol–water partition coefficient (Wildman–Crippen LogP) is 4.02. The number of rotatable bonds is 8. The largest absolute Gasteiger partial charge is 0.379 e. The molecule has 0 aromatic heterocycles. The molecule has 1 aromatic rings. The Bertz CT molecular complexity index is 362. The van der Waals surface area contributed by atoms with Crippen molar-refractivity contribution in [1.82, 2.24) is 5.32 Å². The first-order valence-corrected chi connectivity index (χ1v) is 8.07. The van der Waals surface area contributed by atoms with Crippen molar-refractivity contribution in [2.75, 3.05) is 13.7 Å². The number of benzene rings is 1. The van der Waals surface area contributed by atoms with Gasteiger partial charge in [0.25, 0.3) is 0 Å². The number of halogens is 1. The fraction of sp³-hybridized carbons (Fsp3) is 0.625. The number of nitrogens with one attached hydrogen (secondary N) is 1. The molecule has 0 heterocycles.